The zero-order chi connectivity index (χ0) is 14.1. The Bertz CT molecular complexity index is 626. The van der Waals surface area contributed by atoms with Gasteiger partial charge in [-0.2, -0.15) is 5.10 Å². The van der Waals surface area contributed by atoms with Gasteiger partial charge in [0.2, 0.25) is 0 Å². The van der Waals surface area contributed by atoms with Crippen LogP contribution in [0.25, 0.3) is 10.9 Å². The second-order valence-corrected chi connectivity index (χ2v) is 5.83. The van der Waals surface area contributed by atoms with Gasteiger partial charge in [0.1, 0.15) is 0 Å². The van der Waals surface area contributed by atoms with E-state index in [0.29, 0.717) is 11.7 Å². The van der Waals surface area contributed by atoms with Gasteiger partial charge in [-0.25, -0.2) is 0 Å². The number of aryl methyl sites for hydroxylation is 1. The van der Waals surface area contributed by atoms with Gasteiger partial charge in [-0.3, -0.25) is 9.89 Å². The highest BCUT2D eigenvalue weighted by Crippen LogP contribution is 2.24. The minimum atomic E-state index is 0.0359. The predicted octanol–water partition coefficient (Wildman–Crippen LogP) is 3.28. The standard InChI is InChI=1S/C16H21N3O/c1-11-8-9-14-13(10-11)15(18-17-14)16(20)19(2)12-6-4-3-5-7-12/h8-10,12H,3-7H2,1-2H3,(H,17,18). The summed E-state index contributed by atoms with van der Waals surface area (Å²) in [6, 6.07) is 6.41. The Hall–Kier alpha value is -1.84. The summed E-state index contributed by atoms with van der Waals surface area (Å²) in [7, 11) is 1.91. The number of rotatable bonds is 2. The average molecular weight is 271 g/mol. The maximum Gasteiger partial charge on any atom is 0.274 e. The molecule has 0 aliphatic heterocycles. The van der Waals surface area contributed by atoms with Crippen molar-refractivity contribution < 1.29 is 4.79 Å². The Balaban J connectivity index is 1.89. The van der Waals surface area contributed by atoms with Crippen molar-refractivity contribution in [3.63, 3.8) is 0 Å². The molecule has 4 heteroatoms. The van der Waals surface area contributed by atoms with Gasteiger partial charge in [-0.1, -0.05) is 30.9 Å². The van der Waals surface area contributed by atoms with Crippen molar-refractivity contribution in [3.05, 3.63) is 29.5 Å². The first-order valence-electron chi connectivity index (χ1n) is 7.38. The maximum absolute atomic E-state index is 12.7. The van der Waals surface area contributed by atoms with Crippen molar-refractivity contribution in [1.82, 2.24) is 15.1 Å². The number of hydrogen-bond acceptors (Lipinski definition) is 2. The van der Waals surface area contributed by atoms with Gasteiger partial charge in [0.05, 0.1) is 5.52 Å². The van der Waals surface area contributed by atoms with E-state index in [4.69, 9.17) is 0 Å². The van der Waals surface area contributed by atoms with Gasteiger partial charge < -0.3 is 4.90 Å². The smallest absolute Gasteiger partial charge is 0.274 e. The molecule has 0 unspecified atom stereocenters. The molecule has 0 spiro atoms. The van der Waals surface area contributed by atoms with E-state index in [1.807, 2.05) is 37.1 Å². The van der Waals surface area contributed by atoms with Crippen LogP contribution in [0.15, 0.2) is 18.2 Å². The molecular formula is C16H21N3O. The number of fused-ring (bicyclic) bond motifs is 1. The molecule has 1 amide bonds. The van der Waals surface area contributed by atoms with Crippen molar-refractivity contribution in [3.8, 4) is 0 Å². The Morgan fingerprint density at radius 3 is 2.80 bits per heavy atom. The van der Waals surface area contributed by atoms with E-state index in [1.165, 1.54) is 19.3 Å². The second kappa shape index (κ2) is 5.27. The molecule has 4 nitrogen and oxygen atoms in total. The van der Waals surface area contributed by atoms with Crippen molar-refractivity contribution in [2.45, 2.75) is 45.1 Å². The molecule has 20 heavy (non-hydrogen) atoms. The third-order valence-corrected chi connectivity index (χ3v) is 4.36. The number of H-pyrrole nitrogens is 1. The number of nitrogens with one attached hydrogen (secondary N) is 1. The highest BCUT2D eigenvalue weighted by Gasteiger charge is 2.25. The highest BCUT2D eigenvalue weighted by molar-refractivity contribution is 6.04. The number of aromatic nitrogens is 2. The van der Waals surface area contributed by atoms with E-state index in [-0.39, 0.29) is 5.91 Å². The number of benzene rings is 1. The summed E-state index contributed by atoms with van der Waals surface area (Å²) in [5, 5.41) is 8.12. The largest absolute Gasteiger partial charge is 0.337 e. The van der Waals surface area contributed by atoms with Gasteiger partial charge in [-0.05, 0) is 31.9 Å². The fourth-order valence-corrected chi connectivity index (χ4v) is 3.09. The normalized spacial score (nSPS) is 16.5. The molecular weight excluding hydrogens is 250 g/mol. The van der Waals surface area contributed by atoms with Crippen LogP contribution in [0.3, 0.4) is 0 Å². The molecule has 2 aromatic rings. The third-order valence-electron chi connectivity index (χ3n) is 4.36. The Morgan fingerprint density at radius 2 is 2.05 bits per heavy atom. The van der Waals surface area contributed by atoms with Crippen LogP contribution in [0.2, 0.25) is 0 Å². The average Bonchev–Trinajstić information content (AvgIpc) is 2.89. The molecule has 1 aliphatic carbocycles. The monoisotopic (exact) mass is 271 g/mol. The summed E-state index contributed by atoms with van der Waals surface area (Å²) in [6.07, 6.45) is 5.97. The molecule has 106 valence electrons. The van der Waals surface area contributed by atoms with Crippen molar-refractivity contribution in [1.29, 1.82) is 0 Å². The van der Waals surface area contributed by atoms with E-state index in [1.54, 1.807) is 0 Å². The lowest BCUT2D eigenvalue weighted by Crippen LogP contribution is -2.38. The minimum absolute atomic E-state index is 0.0359. The number of nitrogens with zero attached hydrogens (tertiary/aromatic N) is 2. The lowest BCUT2D eigenvalue weighted by atomic mass is 9.94. The number of amides is 1. The van der Waals surface area contributed by atoms with Gasteiger partial charge in [-0.15, -0.1) is 0 Å². The van der Waals surface area contributed by atoms with Crippen LogP contribution in [0, 0.1) is 6.92 Å². The summed E-state index contributed by atoms with van der Waals surface area (Å²) in [4.78, 5) is 14.6. The Labute approximate surface area is 119 Å². The van der Waals surface area contributed by atoms with Crippen LogP contribution in [-0.2, 0) is 0 Å². The molecule has 1 aliphatic rings. The number of hydrogen-bond donors (Lipinski definition) is 1. The van der Waals surface area contributed by atoms with Gasteiger partial charge in [0.25, 0.3) is 5.91 Å². The number of aromatic amines is 1. The Morgan fingerprint density at radius 1 is 1.30 bits per heavy atom. The molecule has 1 saturated carbocycles. The van der Waals surface area contributed by atoms with Crippen molar-refractivity contribution >= 4 is 16.8 Å². The zero-order valence-electron chi connectivity index (χ0n) is 12.1. The highest BCUT2D eigenvalue weighted by atomic mass is 16.2. The SMILES string of the molecule is Cc1ccc2[nH]nc(C(=O)N(C)C3CCCCC3)c2c1. The molecule has 0 bridgehead atoms. The summed E-state index contributed by atoms with van der Waals surface area (Å²) < 4.78 is 0. The summed E-state index contributed by atoms with van der Waals surface area (Å²) in [5.74, 6) is 0.0359. The first kappa shape index (κ1) is 13.2. The molecule has 1 heterocycles. The summed E-state index contributed by atoms with van der Waals surface area (Å²) in [6.45, 7) is 2.03. The zero-order valence-corrected chi connectivity index (χ0v) is 12.1. The maximum atomic E-state index is 12.7. The molecule has 0 saturated heterocycles. The lowest BCUT2D eigenvalue weighted by molar-refractivity contribution is 0.0692. The van der Waals surface area contributed by atoms with Gasteiger partial charge >= 0.3 is 0 Å². The van der Waals surface area contributed by atoms with Crippen molar-refractivity contribution in [2.24, 2.45) is 0 Å². The first-order chi connectivity index (χ1) is 9.66. The number of carbonyl (C=O) groups is 1. The van der Waals surface area contributed by atoms with E-state index in [0.717, 1.165) is 29.3 Å². The summed E-state index contributed by atoms with van der Waals surface area (Å²) in [5.41, 5.74) is 2.63. The number of carbonyl (C=O) groups excluding carboxylic acids is 1. The van der Waals surface area contributed by atoms with E-state index in [2.05, 4.69) is 10.2 Å². The van der Waals surface area contributed by atoms with E-state index in [9.17, 15) is 4.79 Å². The van der Waals surface area contributed by atoms with E-state index < -0.39 is 0 Å². The van der Waals surface area contributed by atoms with Crippen LogP contribution in [-0.4, -0.2) is 34.1 Å². The van der Waals surface area contributed by atoms with Crippen LogP contribution < -0.4 is 0 Å². The van der Waals surface area contributed by atoms with Crippen LogP contribution in [0.4, 0.5) is 0 Å². The topological polar surface area (TPSA) is 49.0 Å². The van der Waals surface area contributed by atoms with Gasteiger partial charge in [0, 0.05) is 18.5 Å². The Kier molecular flexibility index (Phi) is 3.47. The third kappa shape index (κ3) is 2.30. The fourth-order valence-electron chi connectivity index (χ4n) is 3.09. The molecule has 1 fully saturated rings. The van der Waals surface area contributed by atoms with Crippen molar-refractivity contribution in [2.75, 3.05) is 7.05 Å². The first-order valence-corrected chi connectivity index (χ1v) is 7.38. The van der Waals surface area contributed by atoms with E-state index >= 15 is 0 Å². The molecule has 1 aromatic carbocycles. The molecule has 0 atom stereocenters. The van der Waals surface area contributed by atoms with Crippen LogP contribution in [0.5, 0.6) is 0 Å². The molecule has 1 aromatic heterocycles. The second-order valence-electron chi connectivity index (χ2n) is 5.83. The molecule has 3 rings (SSSR count). The molecule has 0 radical (unpaired) electrons. The quantitative estimate of drug-likeness (QED) is 0.911. The fraction of sp³-hybridized carbons (Fsp3) is 0.500. The van der Waals surface area contributed by atoms with Crippen LogP contribution in [0.1, 0.15) is 48.2 Å². The minimum Gasteiger partial charge on any atom is -0.337 e. The lowest BCUT2D eigenvalue weighted by Gasteiger charge is -2.30. The molecule has 1 N–H and O–H groups in total. The van der Waals surface area contributed by atoms with Gasteiger partial charge in [0.15, 0.2) is 5.69 Å². The van der Waals surface area contributed by atoms with Crippen LogP contribution >= 0.6 is 0 Å². The predicted molar refractivity (Wildman–Crippen MR) is 79.8 cm³/mol. The summed E-state index contributed by atoms with van der Waals surface area (Å²) >= 11 is 0.